The van der Waals surface area contributed by atoms with Gasteiger partial charge in [-0.25, -0.2) is 0 Å². The summed E-state index contributed by atoms with van der Waals surface area (Å²) in [5.41, 5.74) is 3.49. The van der Waals surface area contributed by atoms with Gasteiger partial charge >= 0.3 is 0 Å². The van der Waals surface area contributed by atoms with Crippen molar-refractivity contribution in [1.29, 1.82) is 0 Å². The van der Waals surface area contributed by atoms with Crippen LogP contribution in [0.25, 0.3) is 0 Å². The van der Waals surface area contributed by atoms with Crippen molar-refractivity contribution in [2.45, 2.75) is 12.3 Å². The molecule has 3 heteroatoms. The summed E-state index contributed by atoms with van der Waals surface area (Å²) in [7, 11) is 2.11. The van der Waals surface area contributed by atoms with Gasteiger partial charge in [0, 0.05) is 19.0 Å². The molecule has 20 heavy (non-hydrogen) atoms. The van der Waals surface area contributed by atoms with E-state index >= 15 is 0 Å². The average molecular weight is 269 g/mol. The number of benzene rings is 2. The first kappa shape index (κ1) is 13.0. The van der Waals surface area contributed by atoms with E-state index in [4.69, 9.17) is 0 Å². The molecule has 2 aromatic rings. The van der Waals surface area contributed by atoms with Gasteiger partial charge in [-0.05, 0) is 42.3 Å². The fourth-order valence-corrected chi connectivity index (χ4v) is 2.96. The van der Waals surface area contributed by atoms with Crippen molar-refractivity contribution < 1.29 is 10.2 Å². The molecule has 0 aromatic heterocycles. The highest BCUT2D eigenvalue weighted by Crippen LogP contribution is 2.37. The van der Waals surface area contributed by atoms with Gasteiger partial charge in [-0.15, -0.1) is 0 Å². The third-order valence-electron chi connectivity index (χ3n) is 4.07. The summed E-state index contributed by atoms with van der Waals surface area (Å²) in [6.07, 6.45) is 0.892. The number of phenols is 2. The Morgan fingerprint density at radius 2 is 1.75 bits per heavy atom. The zero-order valence-corrected chi connectivity index (χ0v) is 11.6. The Morgan fingerprint density at radius 1 is 1.05 bits per heavy atom. The molecule has 3 rings (SSSR count). The highest BCUT2D eigenvalue weighted by molar-refractivity contribution is 5.50. The molecule has 0 fully saturated rings. The van der Waals surface area contributed by atoms with Crippen molar-refractivity contribution >= 4 is 0 Å². The summed E-state index contributed by atoms with van der Waals surface area (Å²) in [6.45, 7) is 1.88. The van der Waals surface area contributed by atoms with Crippen LogP contribution in [0.15, 0.2) is 42.5 Å². The lowest BCUT2D eigenvalue weighted by molar-refractivity contribution is 0.338. The Labute approximate surface area is 119 Å². The quantitative estimate of drug-likeness (QED) is 0.782. The summed E-state index contributed by atoms with van der Waals surface area (Å²) < 4.78 is 0. The van der Waals surface area contributed by atoms with Crippen LogP contribution in [0.4, 0.5) is 0 Å². The third kappa shape index (κ3) is 2.37. The second-order valence-electron chi connectivity index (χ2n) is 5.52. The zero-order valence-electron chi connectivity index (χ0n) is 11.6. The fraction of sp³-hybridized carbons (Fsp3) is 0.294. The van der Waals surface area contributed by atoms with E-state index in [1.807, 2.05) is 18.2 Å². The number of hydrogen-bond acceptors (Lipinski definition) is 3. The van der Waals surface area contributed by atoms with Crippen LogP contribution in [0, 0.1) is 0 Å². The first-order valence-corrected chi connectivity index (χ1v) is 6.93. The van der Waals surface area contributed by atoms with E-state index in [0.29, 0.717) is 0 Å². The highest BCUT2D eigenvalue weighted by atomic mass is 16.3. The molecule has 1 atom stereocenters. The maximum atomic E-state index is 9.83. The molecular weight excluding hydrogens is 250 g/mol. The summed E-state index contributed by atoms with van der Waals surface area (Å²) >= 11 is 0. The van der Waals surface area contributed by atoms with Gasteiger partial charge in [-0.2, -0.15) is 0 Å². The molecule has 104 valence electrons. The first-order chi connectivity index (χ1) is 9.65. The van der Waals surface area contributed by atoms with E-state index in [1.54, 1.807) is 12.1 Å². The molecular formula is C17H19NO2. The van der Waals surface area contributed by atoms with Crippen LogP contribution in [0.5, 0.6) is 11.5 Å². The number of likely N-dealkylation sites (N-methyl/N-ethyl adjacent to an activating group) is 1. The minimum Gasteiger partial charge on any atom is -0.504 e. The smallest absolute Gasteiger partial charge is 0.157 e. The molecule has 1 aliphatic rings. The number of hydrogen-bond donors (Lipinski definition) is 2. The number of phenolic OH excluding ortho intramolecular Hbond substituents is 2. The maximum Gasteiger partial charge on any atom is 0.157 e. The molecule has 0 saturated heterocycles. The standard InChI is InChI=1S/C17H19NO2/c1-18-8-7-13-9-16(19)17(20)10-14(13)15(11-18)12-5-3-2-4-6-12/h2-6,9-10,15,19-20H,7-8,11H2,1H3/t15-/m0/s1. The molecule has 3 nitrogen and oxygen atoms in total. The van der Waals surface area contributed by atoms with Gasteiger partial charge in [-0.3, -0.25) is 0 Å². The lowest BCUT2D eigenvalue weighted by atomic mass is 9.87. The van der Waals surface area contributed by atoms with Gasteiger partial charge in [-0.1, -0.05) is 30.3 Å². The third-order valence-corrected chi connectivity index (χ3v) is 4.07. The fourth-order valence-electron chi connectivity index (χ4n) is 2.96. The Kier molecular flexibility index (Phi) is 3.36. The van der Waals surface area contributed by atoms with Crippen molar-refractivity contribution in [1.82, 2.24) is 4.90 Å². The van der Waals surface area contributed by atoms with Gasteiger partial charge in [0.15, 0.2) is 11.5 Å². The average Bonchev–Trinajstić information content (AvgIpc) is 2.61. The van der Waals surface area contributed by atoms with Crippen LogP contribution in [0.3, 0.4) is 0 Å². The van der Waals surface area contributed by atoms with Crippen molar-refractivity contribution in [3.8, 4) is 11.5 Å². The van der Waals surface area contributed by atoms with E-state index in [9.17, 15) is 10.2 Å². The molecule has 0 radical (unpaired) electrons. The molecule has 2 N–H and O–H groups in total. The van der Waals surface area contributed by atoms with Gasteiger partial charge < -0.3 is 15.1 Å². The molecule has 1 heterocycles. The summed E-state index contributed by atoms with van der Waals surface area (Å²) in [6, 6.07) is 13.8. The van der Waals surface area contributed by atoms with Crippen molar-refractivity contribution in [3.63, 3.8) is 0 Å². The molecule has 1 aliphatic heterocycles. The van der Waals surface area contributed by atoms with E-state index in [-0.39, 0.29) is 17.4 Å². The van der Waals surface area contributed by atoms with Gasteiger partial charge in [0.25, 0.3) is 0 Å². The van der Waals surface area contributed by atoms with Crippen LogP contribution in [0.2, 0.25) is 0 Å². The number of aromatic hydroxyl groups is 2. The molecule has 0 unspecified atom stereocenters. The van der Waals surface area contributed by atoms with E-state index in [0.717, 1.165) is 30.6 Å². The van der Waals surface area contributed by atoms with Gasteiger partial charge in [0.1, 0.15) is 0 Å². The van der Waals surface area contributed by atoms with E-state index < -0.39 is 0 Å². The normalized spacial score (nSPS) is 19.4. The molecule has 0 bridgehead atoms. The van der Waals surface area contributed by atoms with Crippen LogP contribution in [0.1, 0.15) is 22.6 Å². The van der Waals surface area contributed by atoms with Gasteiger partial charge in [0.05, 0.1) is 0 Å². The molecule has 0 spiro atoms. The Hall–Kier alpha value is -2.00. The summed E-state index contributed by atoms with van der Waals surface area (Å²) in [4.78, 5) is 2.30. The lowest BCUT2D eigenvalue weighted by Crippen LogP contribution is -2.24. The van der Waals surface area contributed by atoms with Crippen molar-refractivity contribution in [2.75, 3.05) is 20.1 Å². The molecule has 0 amide bonds. The SMILES string of the molecule is CN1CCc2cc(O)c(O)cc2[C@H](c2ccccc2)C1. The van der Waals surface area contributed by atoms with Crippen LogP contribution >= 0.6 is 0 Å². The van der Waals surface area contributed by atoms with E-state index in [1.165, 1.54) is 5.56 Å². The van der Waals surface area contributed by atoms with Crippen molar-refractivity contribution in [2.24, 2.45) is 0 Å². The van der Waals surface area contributed by atoms with Crippen LogP contribution in [-0.4, -0.2) is 35.3 Å². The first-order valence-electron chi connectivity index (χ1n) is 6.93. The van der Waals surface area contributed by atoms with Crippen LogP contribution < -0.4 is 0 Å². The summed E-state index contributed by atoms with van der Waals surface area (Å²) in [5.74, 6) is 0.166. The predicted molar refractivity (Wildman–Crippen MR) is 79.3 cm³/mol. The molecule has 2 aromatic carbocycles. The zero-order chi connectivity index (χ0) is 14.1. The number of fused-ring (bicyclic) bond motifs is 1. The van der Waals surface area contributed by atoms with Crippen molar-refractivity contribution in [3.05, 3.63) is 59.2 Å². The minimum absolute atomic E-state index is 0.0277. The predicted octanol–water partition coefficient (Wildman–Crippen LogP) is 2.72. The topological polar surface area (TPSA) is 43.7 Å². The van der Waals surface area contributed by atoms with Gasteiger partial charge in [0.2, 0.25) is 0 Å². The highest BCUT2D eigenvalue weighted by Gasteiger charge is 2.24. The second-order valence-corrected chi connectivity index (χ2v) is 5.52. The Balaban J connectivity index is 2.12. The second kappa shape index (κ2) is 5.17. The Morgan fingerprint density at radius 3 is 2.50 bits per heavy atom. The lowest BCUT2D eigenvalue weighted by Gasteiger charge is -2.22. The minimum atomic E-state index is -0.0331. The van der Waals surface area contributed by atoms with Crippen LogP contribution in [-0.2, 0) is 6.42 Å². The molecule has 0 saturated carbocycles. The number of rotatable bonds is 1. The monoisotopic (exact) mass is 269 g/mol. The molecule has 0 aliphatic carbocycles. The largest absolute Gasteiger partial charge is 0.504 e. The summed E-state index contributed by atoms with van der Waals surface area (Å²) in [5, 5.41) is 19.6. The van der Waals surface area contributed by atoms with E-state index in [2.05, 4.69) is 24.1 Å². The number of nitrogens with zero attached hydrogens (tertiary/aromatic N) is 1. The maximum absolute atomic E-state index is 9.83. The Bertz CT molecular complexity index is 610.